The molecule has 0 aromatic carbocycles. The molecule has 0 aromatic heterocycles. The van der Waals surface area contributed by atoms with Crippen LogP contribution < -0.4 is 0 Å². The van der Waals surface area contributed by atoms with Gasteiger partial charge in [0, 0.05) is 0 Å². The molecule has 1 N–H and O–H groups in total. The lowest BCUT2D eigenvalue weighted by Crippen LogP contribution is -2.55. The zero-order valence-corrected chi connectivity index (χ0v) is 14.2. The molecular weight excluding hydrogens is 259 g/mol. The normalized spacial score (nSPS) is 40.7. The Bertz CT molecular complexity index is 355. The summed E-state index contributed by atoms with van der Waals surface area (Å²) in [5, 5.41) is 10.3. The fraction of sp³-hybridized carbons (Fsp3) is 1.00. The molecule has 2 bridgehead atoms. The van der Waals surface area contributed by atoms with E-state index in [4.69, 9.17) is 13.9 Å². The van der Waals surface area contributed by atoms with Crippen molar-refractivity contribution in [3.05, 3.63) is 0 Å². The number of aliphatic hydroxyl groups is 1. The summed E-state index contributed by atoms with van der Waals surface area (Å²) in [7, 11) is 0.0889. The highest BCUT2D eigenvalue weighted by Gasteiger charge is 2.64. The maximum Gasteiger partial charge on any atom is 0.192 e. The SMILES string of the molecule is B[C@@H]1O[C@@]2([C@H](C)O)CO[C@@H]1[C@@H]2O[Si](C)(C)C(C)(C)C. The minimum absolute atomic E-state index is 0.0156. The van der Waals surface area contributed by atoms with Crippen molar-refractivity contribution in [2.24, 2.45) is 0 Å². The molecule has 0 unspecified atom stereocenters. The van der Waals surface area contributed by atoms with E-state index in [2.05, 4.69) is 33.9 Å². The van der Waals surface area contributed by atoms with Gasteiger partial charge in [0.15, 0.2) is 8.32 Å². The predicted molar refractivity (Wildman–Crippen MR) is 79.6 cm³/mol. The Morgan fingerprint density at radius 1 is 1.42 bits per heavy atom. The largest absolute Gasteiger partial charge is 0.408 e. The minimum Gasteiger partial charge on any atom is -0.408 e. The molecule has 2 heterocycles. The Hall–Kier alpha value is 0.122. The van der Waals surface area contributed by atoms with Crippen LogP contribution >= 0.6 is 0 Å². The van der Waals surface area contributed by atoms with E-state index in [0.717, 1.165) is 0 Å². The fourth-order valence-corrected chi connectivity index (χ4v) is 4.01. The smallest absolute Gasteiger partial charge is 0.192 e. The van der Waals surface area contributed by atoms with Crippen molar-refractivity contribution in [1.29, 1.82) is 0 Å². The van der Waals surface area contributed by atoms with E-state index in [9.17, 15) is 5.11 Å². The van der Waals surface area contributed by atoms with Gasteiger partial charge in [-0.05, 0) is 25.1 Å². The van der Waals surface area contributed by atoms with E-state index in [1.807, 2.05) is 7.85 Å². The van der Waals surface area contributed by atoms with E-state index in [1.165, 1.54) is 0 Å². The van der Waals surface area contributed by atoms with Gasteiger partial charge in [-0.2, -0.15) is 0 Å². The van der Waals surface area contributed by atoms with Crippen molar-refractivity contribution in [3.63, 3.8) is 0 Å². The lowest BCUT2D eigenvalue weighted by Gasteiger charge is -2.41. The number of hydrogen-bond acceptors (Lipinski definition) is 4. The lowest BCUT2D eigenvalue weighted by atomic mass is 9.90. The molecule has 2 aliphatic rings. The number of fused-ring (bicyclic) bond motifs is 2. The zero-order chi connectivity index (χ0) is 14.6. The summed E-state index contributed by atoms with van der Waals surface area (Å²) in [6.45, 7) is 13.3. The molecule has 19 heavy (non-hydrogen) atoms. The van der Waals surface area contributed by atoms with E-state index >= 15 is 0 Å². The van der Waals surface area contributed by atoms with Gasteiger partial charge in [0.2, 0.25) is 0 Å². The number of rotatable bonds is 3. The second-order valence-electron chi connectivity index (χ2n) is 7.53. The molecule has 110 valence electrons. The van der Waals surface area contributed by atoms with Gasteiger partial charge < -0.3 is 19.0 Å². The second-order valence-corrected chi connectivity index (χ2v) is 12.3. The van der Waals surface area contributed by atoms with Crippen molar-refractivity contribution in [3.8, 4) is 0 Å². The first-order chi connectivity index (χ1) is 8.51. The Kier molecular flexibility index (Phi) is 3.72. The Labute approximate surface area is 118 Å². The first kappa shape index (κ1) is 15.5. The van der Waals surface area contributed by atoms with Crippen molar-refractivity contribution in [1.82, 2.24) is 0 Å². The second kappa shape index (κ2) is 4.56. The molecular formula is C13H27BO4Si. The highest BCUT2D eigenvalue weighted by Crippen LogP contribution is 2.47. The van der Waals surface area contributed by atoms with Crippen LogP contribution in [0.25, 0.3) is 0 Å². The summed E-state index contributed by atoms with van der Waals surface area (Å²) < 4.78 is 18.3. The summed E-state index contributed by atoms with van der Waals surface area (Å²) >= 11 is 0. The molecule has 2 saturated heterocycles. The number of aliphatic hydroxyl groups excluding tert-OH is 1. The monoisotopic (exact) mass is 286 g/mol. The van der Waals surface area contributed by atoms with Gasteiger partial charge in [0.25, 0.3) is 0 Å². The van der Waals surface area contributed by atoms with Crippen molar-refractivity contribution >= 4 is 16.2 Å². The molecule has 5 atom stereocenters. The van der Waals surface area contributed by atoms with Gasteiger partial charge >= 0.3 is 0 Å². The van der Waals surface area contributed by atoms with Crippen LogP contribution in [-0.2, 0) is 13.9 Å². The molecule has 0 saturated carbocycles. The topological polar surface area (TPSA) is 47.9 Å². The number of ether oxygens (including phenoxy) is 2. The number of hydrogen-bond donors (Lipinski definition) is 1. The van der Waals surface area contributed by atoms with Crippen LogP contribution in [0.2, 0.25) is 18.1 Å². The van der Waals surface area contributed by atoms with Crippen LogP contribution in [0, 0.1) is 0 Å². The summed E-state index contributed by atoms with van der Waals surface area (Å²) in [6.07, 6.45) is -0.788. The first-order valence-electron chi connectivity index (χ1n) is 7.16. The Morgan fingerprint density at radius 3 is 2.42 bits per heavy atom. The lowest BCUT2D eigenvalue weighted by molar-refractivity contribution is -0.162. The van der Waals surface area contributed by atoms with E-state index < -0.39 is 20.0 Å². The van der Waals surface area contributed by atoms with Crippen LogP contribution in [0.3, 0.4) is 0 Å². The molecule has 6 heteroatoms. The van der Waals surface area contributed by atoms with Crippen LogP contribution in [0.1, 0.15) is 27.7 Å². The molecule has 0 spiro atoms. The van der Waals surface area contributed by atoms with Gasteiger partial charge in [-0.25, -0.2) is 0 Å². The average Bonchev–Trinajstić information content (AvgIpc) is 2.68. The Morgan fingerprint density at radius 2 is 2.00 bits per heavy atom. The van der Waals surface area contributed by atoms with Crippen LogP contribution in [0.4, 0.5) is 0 Å². The van der Waals surface area contributed by atoms with E-state index in [1.54, 1.807) is 6.92 Å². The quantitative estimate of drug-likeness (QED) is 0.783. The third kappa shape index (κ3) is 2.31. The summed E-state index contributed by atoms with van der Waals surface area (Å²) in [5.41, 5.74) is -0.681. The third-order valence-electron chi connectivity index (χ3n) is 5.08. The van der Waals surface area contributed by atoms with Gasteiger partial charge in [-0.1, -0.05) is 20.8 Å². The Balaban J connectivity index is 2.25. The van der Waals surface area contributed by atoms with E-state index in [-0.39, 0.29) is 23.2 Å². The fourth-order valence-electron chi connectivity index (χ4n) is 2.69. The van der Waals surface area contributed by atoms with Crippen molar-refractivity contribution < 1.29 is 19.0 Å². The van der Waals surface area contributed by atoms with Gasteiger partial charge in [-0.15, -0.1) is 0 Å². The maximum atomic E-state index is 10.1. The van der Waals surface area contributed by atoms with Crippen LogP contribution in [0.15, 0.2) is 0 Å². The van der Waals surface area contributed by atoms with Crippen molar-refractivity contribution in [2.45, 2.75) is 75.7 Å². The van der Waals surface area contributed by atoms with Gasteiger partial charge in [0.1, 0.15) is 25.7 Å². The highest BCUT2D eigenvalue weighted by atomic mass is 28.4. The molecule has 0 aromatic rings. The highest BCUT2D eigenvalue weighted by molar-refractivity contribution is 6.74. The minimum atomic E-state index is -1.91. The standard InChI is InChI=1S/C13H27BO4Si/c1-8(15)13-7-16-9(11(14)17-13)10(13)18-19(5,6)12(2,3)4/h8-11,15H,7,14H2,1-6H3/t8-,9+,10-,11+,13+/m0/s1. The van der Waals surface area contributed by atoms with Crippen LogP contribution in [-0.4, -0.2) is 57.8 Å². The average molecular weight is 286 g/mol. The summed E-state index contributed by atoms with van der Waals surface area (Å²) in [4.78, 5) is 0. The maximum absolute atomic E-state index is 10.1. The predicted octanol–water partition coefficient (Wildman–Crippen LogP) is 0.885. The van der Waals surface area contributed by atoms with Crippen molar-refractivity contribution in [2.75, 3.05) is 6.61 Å². The van der Waals surface area contributed by atoms with Gasteiger partial charge in [-0.3, -0.25) is 0 Å². The molecule has 2 rings (SSSR count). The van der Waals surface area contributed by atoms with Gasteiger partial charge in [0.05, 0.1) is 18.7 Å². The van der Waals surface area contributed by atoms with E-state index in [0.29, 0.717) is 6.61 Å². The van der Waals surface area contributed by atoms with Crippen LogP contribution in [0.5, 0.6) is 0 Å². The summed E-state index contributed by atoms with van der Waals surface area (Å²) in [6, 6.07) is -0.0156. The molecule has 2 aliphatic heterocycles. The summed E-state index contributed by atoms with van der Waals surface area (Å²) in [5.74, 6) is 0. The third-order valence-corrected chi connectivity index (χ3v) is 9.54. The molecule has 0 amide bonds. The molecule has 0 aliphatic carbocycles. The zero-order valence-electron chi connectivity index (χ0n) is 13.2. The first-order valence-corrected chi connectivity index (χ1v) is 10.1. The molecule has 2 fully saturated rings. The molecule has 0 radical (unpaired) electrons. The molecule has 4 nitrogen and oxygen atoms in total.